The van der Waals surface area contributed by atoms with Gasteiger partial charge in [-0.25, -0.2) is 4.39 Å². The van der Waals surface area contributed by atoms with E-state index in [4.69, 9.17) is 4.52 Å². The van der Waals surface area contributed by atoms with E-state index in [9.17, 15) is 9.18 Å². The van der Waals surface area contributed by atoms with Gasteiger partial charge in [0.05, 0.1) is 6.04 Å². The molecule has 0 aliphatic carbocycles. The summed E-state index contributed by atoms with van der Waals surface area (Å²) in [6, 6.07) is 16.9. The Morgan fingerprint density at radius 3 is 2.65 bits per heavy atom. The molecule has 1 N–H and O–H groups in total. The standard InChI is InChI=1S/C18H15FN2O2/c1-12(13-6-3-2-4-7-13)20-18(22)17-11-16(21-23-17)14-8-5-9-15(19)10-14/h2-12H,1H3,(H,20,22)/t12-/m1/s1. The molecular formula is C18H15FN2O2. The molecule has 1 amide bonds. The topological polar surface area (TPSA) is 55.1 Å². The second-order valence-electron chi connectivity index (χ2n) is 5.19. The Balaban J connectivity index is 1.74. The Kier molecular flexibility index (Phi) is 4.19. The van der Waals surface area contributed by atoms with Gasteiger partial charge in [0, 0.05) is 11.6 Å². The lowest BCUT2D eigenvalue weighted by atomic mass is 10.1. The van der Waals surface area contributed by atoms with Crippen LogP contribution in [0.1, 0.15) is 29.1 Å². The van der Waals surface area contributed by atoms with Gasteiger partial charge in [-0.3, -0.25) is 4.79 Å². The smallest absolute Gasteiger partial charge is 0.290 e. The first-order chi connectivity index (χ1) is 11.1. The summed E-state index contributed by atoms with van der Waals surface area (Å²) in [5.74, 6) is -0.641. The van der Waals surface area contributed by atoms with E-state index in [1.807, 2.05) is 37.3 Å². The van der Waals surface area contributed by atoms with Gasteiger partial charge in [-0.2, -0.15) is 0 Å². The second-order valence-corrected chi connectivity index (χ2v) is 5.19. The molecule has 0 radical (unpaired) electrons. The number of carbonyl (C=O) groups excluding carboxylic acids is 1. The molecule has 4 nitrogen and oxygen atoms in total. The van der Waals surface area contributed by atoms with Crippen molar-refractivity contribution in [3.63, 3.8) is 0 Å². The van der Waals surface area contributed by atoms with E-state index in [0.29, 0.717) is 11.3 Å². The molecule has 0 aliphatic heterocycles. The maximum atomic E-state index is 13.2. The monoisotopic (exact) mass is 310 g/mol. The van der Waals surface area contributed by atoms with Crippen LogP contribution in [0.5, 0.6) is 0 Å². The number of benzene rings is 2. The molecule has 1 atom stereocenters. The molecule has 5 heteroatoms. The predicted molar refractivity (Wildman–Crippen MR) is 84.2 cm³/mol. The third-order valence-corrected chi connectivity index (χ3v) is 3.50. The summed E-state index contributed by atoms with van der Waals surface area (Å²) in [4.78, 5) is 12.2. The van der Waals surface area contributed by atoms with E-state index in [-0.39, 0.29) is 23.5 Å². The quantitative estimate of drug-likeness (QED) is 0.793. The normalized spacial score (nSPS) is 11.9. The van der Waals surface area contributed by atoms with Crippen molar-refractivity contribution in [1.29, 1.82) is 0 Å². The van der Waals surface area contributed by atoms with Gasteiger partial charge in [-0.05, 0) is 24.6 Å². The Labute approximate surface area is 132 Å². The molecule has 0 saturated heterocycles. The van der Waals surface area contributed by atoms with Crippen LogP contribution in [0.25, 0.3) is 11.3 Å². The van der Waals surface area contributed by atoms with E-state index in [1.165, 1.54) is 18.2 Å². The van der Waals surface area contributed by atoms with Crippen LogP contribution in [-0.4, -0.2) is 11.1 Å². The molecular weight excluding hydrogens is 295 g/mol. The third kappa shape index (κ3) is 3.45. The zero-order valence-corrected chi connectivity index (χ0v) is 12.5. The van der Waals surface area contributed by atoms with Crippen LogP contribution in [0.4, 0.5) is 4.39 Å². The maximum absolute atomic E-state index is 13.2. The van der Waals surface area contributed by atoms with E-state index < -0.39 is 0 Å². The van der Waals surface area contributed by atoms with Gasteiger partial charge >= 0.3 is 0 Å². The minimum Gasteiger partial charge on any atom is -0.350 e. The first kappa shape index (κ1) is 15.0. The minimum absolute atomic E-state index is 0.0899. The fraction of sp³-hybridized carbons (Fsp3) is 0.111. The number of hydrogen-bond donors (Lipinski definition) is 1. The highest BCUT2D eigenvalue weighted by Crippen LogP contribution is 2.20. The molecule has 1 aromatic heterocycles. The van der Waals surface area contributed by atoms with Gasteiger partial charge in [0.15, 0.2) is 0 Å². The number of rotatable bonds is 4. The number of carbonyl (C=O) groups is 1. The second kappa shape index (κ2) is 6.44. The summed E-state index contributed by atoms with van der Waals surface area (Å²) in [6.07, 6.45) is 0. The summed E-state index contributed by atoms with van der Waals surface area (Å²) in [5.41, 5.74) is 1.97. The molecule has 0 fully saturated rings. The zero-order chi connectivity index (χ0) is 16.2. The molecule has 1 heterocycles. The third-order valence-electron chi connectivity index (χ3n) is 3.50. The van der Waals surface area contributed by atoms with Crippen LogP contribution in [-0.2, 0) is 0 Å². The van der Waals surface area contributed by atoms with Crippen molar-refractivity contribution in [3.8, 4) is 11.3 Å². The van der Waals surface area contributed by atoms with Crippen LogP contribution in [0.15, 0.2) is 65.2 Å². The SMILES string of the molecule is C[C@@H](NC(=O)c1cc(-c2cccc(F)c2)no1)c1ccccc1. The number of hydrogen-bond acceptors (Lipinski definition) is 3. The highest BCUT2D eigenvalue weighted by atomic mass is 19.1. The van der Waals surface area contributed by atoms with Gasteiger partial charge in [0.1, 0.15) is 11.5 Å². The number of nitrogens with one attached hydrogen (secondary N) is 1. The Morgan fingerprint density at radius 1 is 1.13 bits per heavy atom. The number of aromatic nitrogens is 1. The number of nitrogens with zero attached hydrogens (tertiary/aromatic N) is 1. The molecule has 23 heavy (non-hydrogen) atoms. The molecule has 0 unspecified atom stereocenters. The van der Waals surface area contributed by atoms with E-state index >= 15 is 0 Å². The zero-order valence-electron chi connectivity index (χ0n) is 12.5. The van der Waals surface area contributed by atoms with Crippen molar-refractivity contribution in [3.05, 3.63) is 77.8 Å². The average Bonchev–Trinajstić information content (AvgIpc) is 3.06. The lowest BCUT2D eigenvalue weighted by molar-refractivity contribution is 0.0902. The number of halogens is 1. The lowest BCUT2D eigenvalue weighted by Crippen LogP contribution is -2.26. The van der Waals surface area contributed by atoms with Crippen molar-refractivity contribution in [2.45, 2.75) is 13.0 Å². The van der Waals surface area contributed by atoms with Crippen LogP contribution >= 0.6 is 0 Å². The first-order valence-corrected chi connectivity index (χ1v) is 7.22. The van der Waals surface area contributed by atoms with Crippen molar-refractivity contribution in [2.24, 2.45) is 0 Å². The Bertz CT molecular complexity index is 815. The lowest BCUT2D eigenvalue weighted by Gasteiger charge is -2.12. The largest absolute Gasteiger partial charge is 0.350 e. The Morgan fingerprint density at radius 2 is 1.91 bits per heavy atom. The van der Waals surface area contributed by atoms with Gasteiger partial charge < -0.3 is 9.84 Å². The molecule has 116 valence electrons. The fourth-order valence-electron chi connectivity index (χ4n) is 2.26. The minimum atomic E-state index is -0.366. The highest BCUT2D eigenvalue weighted by molar-refractivity contribution is 5.92. The Hall–Kier alpha value is -2.95. The van der Waals surface area contributed by atoms with Gasteiger partial charge in [-0.1, -0.05) is 47.6 Å². The summed E-state index contributed by atoms with van der Waals surface area (Å²) in [7, 11) is 0. The van der Waals surface area contributed by atoms with Gasteiger partial charge in [0.2, 0.25) is 5.76 Å². The maximum Gasteiger partial charge on any atom is 0.290 e. The van der Waals surface area contributed by atoms with E-state index in [0.717, 1.165) is 5.56 Å². The van der Waals surface area contributed by atoms with Crippen LogP contribution in [0, 0.1) is 5.82 Å². The summed E-state index contributed by atoms with van der Waals surface area (Å²) < 4.78 is 18.3. The number of amides is 1. The van der Waals surface area contributed by atoms with Crippen molar-refractivity contribution in [2.75, 3.05) is 0 Å². The van der Waals surface area contributed by atoms with Gasteiger partial charge in [-0.15, -0.1) is 0 Å². The molecule has 0 saturated carbocycles. The first-order valence-electron chi connectivity index (χ1n) is 7.22. The summed E-state index contributed by atoms with van der Waals surface area (Å²) in [5, 5.41) is 6.67. The van der Waals surface area contributed by atoms with Crippen LogP contribution in [0.3, 0.4) is 0 Å². The predicted octanol–water partition coefficient (Wildman–Crippen LogP) is 3.97. The van der Waals surface area contributed by atoms with Crippen molar-refractivity contribution < 1.29 is 13.7 Å². The van der Waals surface area contributed by atoms with Gasteiger partial charge in [0.25, 0.3) is 5.91 Å². The van der Waals surface area contributed by atoms with Crippen molar-refractivity contribution >= 4 is 5.91 Å². The highest BCUT2D eigenvalue weighted by Gasteiger charge is 2.17. The van der Waals surface area contributed by atoms with E-state index in [1.54, 1.807) is 12.1 Å². The average molecular weight is 310 g/mol. The van der Waals surface area contributed by atoms with Crippen LogP contribution < -0.4 is 5.32 Å². The molecule has 0 bridgehead atoms. The molecule has 3 aromatic rings. The van der Waals surface area contributed by atoms with E-state index in [2.05, 4.69) is 10.5 Å². The molecule has 3 rings (SSSR count). The molecule has 0 spiro atoms. The fourth-order valence-corrected chi connectivity index (χ4v) is 2.26. The summed E-state index contributed by atoms with van der Waals surface area (Å²) >= 11 is 0. The van der Waals surface area contributed by atoms with Crippen molar-refractivity contribution in [1.82, 2.24) is 10.5 Å². The molecule has 2 aromatic carbocycles. The molecule has 0 aliphatic rings. The van der Waals surface area contributed by atoms with Crippen LogP contribution in [0.2, 0.25) is 0 Å². The summed E-state index contributed by atoms with van der Waals surface area (Å²) in [6.45, 7) is 1.89.